The summed E-state index contributed by atoms with van der Waals surface area (Å²) in [6.07, 6.45) is 4.55. The Morgan fingerprint density at radius 1 is 1.42 bits per heavy atom. The molecule has 2 N–H and O–H groups in total. The summed E-state index contributed by atoms with van der Waals surface area (Å²) in [6.45, 7) is 1.55. The van der Waals surface area contributed by atoms with E-state index in [9.17, 15) is 9.59 Å². The van der Waals surface area contributed by atoms with E-state index in [-0.39, 0.29) is 11.1 Å². The molecule has 19 heavy (non-hydrogen) atoms. The van der Waals surface area contributed by atoms with Gasteiger partial charge in [0, 0.05) is 18.4 Å². The summed E-state index contributed by atoms with van der Waals surface area (Å²) < 4.78 is 4.66. The van der Waals surface area contributed by atoms with E-state index < -0.39 is 0 Å². The number of anilines is 1. The molecule has 1 aromatic carbocycles. The van der Waals surface area contributed by atoms with Gasteiger partial charge >= 0.3 is 5.97 Å². The van der Waals surface area contributed by atoms with E-state index in [1.807, 2.05) is 12.2 Å². The smallest absolute Gasteiger partial charge is 0.337 e. The fourth-order valence-electron chi connectivity index (χ4n) is 1.44. The van der Waals surface area contributed by atoms with Crippen molar-refractivity contribution >= 4 is 34.6 Å². The van der Waals surface area contributed by atoms with Gasteiger partial charge in [-0.2, -0.15) is 0 Å². The molecule has 0 saturated heterocycles. The predicted molar refractivity (Wildman–Crippen MR) is 79.0 cm³/mol. The van der Waals surface area contributed by atoms with E-state index in [1.54, 1.807) is 25.1 Å². The Morgan fingerprint density at radius 3 is 2.79 bits per heavy atom. The fourth-order valence-corrected chi connectivity index (χ4v) is 1.99. The molecule has 0 radical (unpaired) electrons. The summed E-state index contributed by atoms with van der Waals surface area (Å²) in [5, 5.41) is 0.112. The molecule has 0 aliphatic rings. The van der Waals surface area contributed by atoms with Crippen LogP contribution in [-0.2, 0) is 9.53 Å². The van der Waals surface area contributed by atoms with Crippen molar-refractivity contribution < 1.29 is 14.3 Å². The lowest BCUT2D eigenvalue weighted by Crippen LogP contribution is -2.02. The summed E-state index contributed by atoms with van der Waals surface area (Å²) in [7, 11) is 1.34. The number of nitrogen functional groups attached to an aromatic ring is 1. The second-order valence-corrected chi connectivity index (χ2v) is 5.14. The molecule has 0 unspecified atom stereocenters. The first-order chi connectivity index (χ1) is 9.04. The first kappa shape index (κ1) is 15.3. The molecule has 1 rings (SSSR count). The second kappa shape index (κ2) is 7.63. The Kier molecular flexibility index (Phi) is 6.15. The number of hydrogen-bond donors (Lipinski definition) is 1. The van der Waals surface area contributed by atoms with E-state index in [0.717, 1.165) is 17.7 Å². The Balaban J connectivity index is 2.69. The summed E-state index contributed by atoms with van der Waals surface area (Å²) in [6, 6.07) is 5.00. The normalized spacial score (nSPS) is 10.6. The van der Waals surface area contributed by atoms with Crippen LogP contribution in [0.2, 0.25) is 0 Å². The molecule has 0 saturated carbocycles. The minimum atomic E-state index is -0.387. The average molecular weight is 279 g/mol. The number of carbonyl (C=O) groups excluding carboxylic acids is 2. The van der Waals surface area contributed by atoms with E-state index in [0.29, 0.717) is 11.3 Å². The number of rotatable bonds is 5. The van der Waals surface area contributed by atoms with Crippen molar-refractivity contribution in [1.29, 1.82) is 0 Å². The standard InChI is InChI=1S/C14H17NO3S/c1-10(16)19-8-4-3-5-11-9-12(14(17)18-2)6-7-13(11)15/h3,5-7,9H,4,8,15H2,1-2H3. The van der Waals surface area contributed by atoms with Gasteiger partial charge in [0.1, 0.15) is 0 Å². The van der Waals surface area contributed by atoms with Gasteiger partial charge in [0.05, 0.1) is 12.7 Å². The van der Waals surface area contributed by atoms with Gasteiger partial charge in [-0.3, -0.25) is 4.79 Å². The van der Waals surface area contributed by atoms with Gasteiger partial charge in [-0.15, -0.1) is 0 Å². The maximum Gasteiger partial charge on any atom is 0.337 e. The zero-order valence-electron chi connectivity index (χ0n) is 11.0. The van der Waals surface area contributed by atoms with E-state index in [4.69, 9.17) is 5.73 Å². The van der Waals surface area contributed by atoms with Crippen LogP contribution in [0.25, 0.3) is 6.08 Å². The Labute approximate surface area is 117 Å². The van der Waals surface area contributed by atoms with Crippen LogP contribution in [0.5, 0.6) is 0 Å². The number of thioether (sulfide) groups is 1. The van der Waals surface area contributed by atoms with Crippen LogP contribution in [0.3, 0.4) is 0 Å². The van der Waals surface area contributed by atoms with Gasteiger partial charge in [0.15, 0.2) is 5.12 Å². The van der Waals surface area contributed by atoms with Crippen LogP contribution >= 0.6 is 11.8 Å². The topological polar surface area (TPSA) is 69.4 Å². The number of esters is 1. The first-order valence-electron chi connectivity index (χ1n) is 5.82. The fraction of sp³-hybridized carbons (Fsp3) is 0.286. The van der Waals surface area contributed by atoms with Gasteiger partial charge in [-0.05, 0) is 30.2 Å². The molecule has 1 aromatic rings. The number of allylic oxidation sites excluding steroid dienone is 1. The average Bonchev–Trinajstić information content (AvgIpc) is 2.39. The van der Waals surface area contributed by atoms with Crippen molar-refractivity contribution in [3.05, 3.63) is 35.4 Å². The lowest BCUT2D eigenvalue weighted by Gasteiger charge is -2.04. The number of carbonyl (C=O) groups is 2. The molecule has 0 atom stereocenters. The Bertz CT molecular complexity index is 497. The molecule has 0 spiro atoms. The van der Waals surface area contributed by atoms with Crippen molar-refractivity contribution in [2.75, 3.05) is 18.6 Å². The third-order valence-corrected chi connectivity index (χ3v) is 3.24. The third kappa shape index (κ3) is 5.18. The third-order valence-electron chi connectivity index (χ3n) is 2.40. The largest absolute Gasteiger partial charge is 0.465 e. The summed E-state index contributed by atoms with van der Waals surface area (Å²) in [5.74, 6) is 0.351. The molecular formula is C14H17NO3S. The van der Waals surface area contributed by atoms with Gasteiger partial charge < -0.3 is 10.5 Å². The number of nitrogens with two attached hydrogens (primary N) is 1. The highest BCUT2D eigenvalue weighted by Gasteiger charge is 2.06. The maximum atomic E-state index is 11.4. The van der Waals surface area contributed by atoms with E-state index in [1.165, 1.54) is 18.9 Å². The molecule has 102 valence electrons. The molecule has 0 aromatic heterocycles. The van der Waals surface area contributed by atoms with Crippen molar-refractivity contribution in [1.82, 2.24) is 0 Å². The number of hydrogen-bond acceptors (Lipinski definition) is 5. The van der Waals surface area contributed by atoms with Crippen LogP contribution in [0.4, 0.5) is 5.69 Å². The zero-order valence-corrected chi connectivity index (χ0v) is 11.8. The monoisotopic (exact) mass is 279 g/mol. The Morgan fingerprint density at radius 2 is 2.16 bits per heavy atom. The van der Waals surface area contributed by atoms with Crippen LogP contribution in [-0.4, -0.2) is 23.9 Å². The number of methoxy groups -OCH3 is 1. The van der Waals surface area contributed by atoms with E-state index in [2.05, 4.69) is 4.74 Å². The van der Waals surface area contributed by atoms with Crippen molar-refractivity contribution in [3.8, 4) is 0 Å². The summed E-state index contributed by atoms with van der Waals surface area (Å²) in [4.78, 5) is 22.2. The maximum absolute atomic E-state index is 11.4. The molecule has 0 bridgehead atoms. The second-order valence-electron chi connectivity index (χ2n) is 3.87. The number of benzene rings is 1. The van der Waals surface area contributed by atoms with Crippen LogP contribution in [0.15, 0.2) is 24.3 Å². The number of ether oxygens (including phenoxy) is 1. The van der Waals surface area contributed by atoms with E-state index >= 15 is 0 Å². The molecular weight excluding hydrogens is 262 g/mol. The molecule has 0 aliphatic heterocycles. The van der Waals surface area contributed by atoms with Gasteiger partial charge in [-0.1, -0.05) is 23.9 Å². The zero-order chi connectivity index (χ0) is 14.3. The molecule has 0 amide bonds. The van der Waals surface area contributed by atoms with Crippen molar-refractivity contribution in [2.45, 2.75) is 13.3 Å². The highest BCUT2D eigenvalue weighted by Crippen LogP contribution is 2.17. The van der Waals surface area contributed by atoms with Crippen molar-refractivity contribution in [3.63, 3.8) is 0 Å². The molecule has 0 heterocycles. The minimum absolute atomic E-state index is 0.112. The first-order valence-corrected chi connectivity index (χ1v) is 6.81. The SMILES string of the molecule is COC(=O)c1ccc(N)c(C=CCCSC(C)=O)c1. The predicted octanol–water partition coefficient (Wildman–Crippen LogP) is 2.74. The van der Waals surface area contributed by atoms with Gasteiger partial charge in [0.2, 0.25) is 0 Å². The summed E-state index contributed by atoms with van der Waals surface area (Å²) in [5.41, 5.74) is 7.67. The quantitative estimate of drug-likeness (QED) is 0.510. The van der Waals surface area contributed by atoms with Crippen molar-refractivity contribution in [2.24, 2.45) is 0 Å². The Hall–Kier alpha value is -1.75. The van der Waals surface area contributed by atoms with Gasteiger partial charge in [-0.25, -0.2) is 4.79 Å². The molecule has 0 aliphatic carbocycles. The molecule has 5 heteroatoms. The minimum Gasteiger partial charge on any atom is -0.465 e. The van der Waals surface area contributed by atoms with Crippen LogP contribution < -0.4 is 5.73 Å². The summed E-state index contributed by atoms with van der Waals surface area (Å²) >= 11 is 1.29. The van der Waals surface area contributed by atoms with Crippen LogP contribution in [0.1, 0.15) is 29.3 Å². The molecule has 0 fully saturated rings. The van der Waals surface area contributed by atoms with Gasteiger partial charge in [0.25, 0.3) is 0 Å². The molecule has 4 nitrogen and oxygen atoms in total. The lowest BCUT2D eigenvalue weighted by molar-refractivity contribution is -0.109. The lowest BCUT2D eigenvalue weighted by atomic mass is 10.1. The highest BCUT2D eigenvalue weighted by atomic mass is 32.2. The van der Waals surface area contributed by atoms with Crippen LogP contribution in [0, 0.1) is 0 Å². The highest BCUT2D eigenvalue weighted by molar-refractivity contribution is 8.13.